The molecule has 0 bridgehead atoms. The fourth-order valence-corrected chi connectivity index (χ4v) is 7.12. The molecule has 6 rings (SSSR count). The van der Waals surface area contributed by atoms with Gasteiger partial charge < -0.3 is 23.7 Å². The van der Waals surface area contributed by atoms with Gasteiger partial charge in [0, 0.05) is 56.4 Å². The maximum atomic E-state index is 15.4. The number of nitrogens with zero attached hydrogens (tertiary/aromatic N) is 5. The molecule has 9 nitrogen and oxygen atoms in total. The first kappa shape index (κ1) is 32.4. The number of hydrogen-bond donors (Lipinski definition) is 0. The lowest BCUT2D eigenvalue weighted by Crippen LogP contribution is -2.54. The summed E-state index contributed by atoms with van der Waals surface area (Å²) in [5.41, 5.74) is 2.00. The normalized spacial score (nSPS) is 21.0. The van der Waals surface area contributed by atoms with E-state index in [1.165, 1.54) is 12.1 Å². The van der Waals surface area contributed by atoms with Gasteiger partial charge in [0.2, 0.25) is 5.95 Å². The number of imidazole rings is 1. The van der Waals surface area contributed by atoms with E-state index in [0.29, 0.717) is 61.8 Å². The summed E-state index contributed by atoms with van der Waals surface area (Å²) >= 11 is 0. The summed E-state index contributed by atoms with van der Waals surface area (Å²) < 4.78 is 42.9. The average molecular weight is 638 g/mol. The van der Waals surface area contributed by atoms with Crippen LogP contribution in [-0.4, -0.2) is 99.7 Å². The van der Waals surface area contributed by atoms with Crippen molar-refractivity contribution < 1.29 is 27.8 Å². The number of halogens is 2. The molecule has 0 saturated carbocycles. The van der Waals surface area contributed by atoms with Crippen molar-refractivity contribution in [2.45, 2.75) is 78.0 Å². The van der Waals surface area contributed by atoms with Crippen molar-refractivity contribution in [3.63, 3.8) is 0 Å². The van der Waals surface area contributed by atoms with E-state index in [1.54, 1.807) is 22.3 Å². The monoisotopic (exact) mass is 637 g/mol. The minimum atomic E-state index is -0.622. The third kappa shape index (κ3) is 6.36. The van der Waals surface area contributed by atoms with E-state index in [2.05, 4.69) is 16.8 Å². The van der Waals surface area contributed by atoms with Crippen LogP contribution in [0.15, 0.2) is 30.5 Å². The summed E-state index contributed by atoms with van der Waals surface area (Å²) in [5.74, 6) is -0.260. The van der Waals surface area contributed by atoms with Crippen LogP contribution in [-0.2, 0) is 9.47 Å². The summed E-state index contributed by atoms with van der Waals surface area (Å²) in [6.45, 7) is 15.9. The zero-order valence-corrected chi connectivity index (χ0v) is 27.7. The number of carbonyl (C=O) groups excluding carboxylic acids is 2. The van der Waals surface area contributed by atoms with Crippen molar-refractivity contribution in [2.75, 3.05) is 45.9 Å². The van der Waals surface area contributed by atoms with Crippen LogP contribution in [0.4, 0.5) is 13.6 Å². The topological polar surface area (TPSA) is 79.6 Å². The second kappa shape index (κ2) is 12.6. The van der Waals surface area contributed by atoms with Crippen LogP contribution in [0.1, 0.15) is 75.1 Å². The van der Waals surface area contributed by atoms with Gasteiger partial charge >= 0.3 is 6.09 Å². The Kier molecular flexibility index (Phi) is 8.84. The van der Waals surface area contributed by atoms with E-state index in [0.717, 1.165) is 31.5 Å². The van der Waals surface area contributed by atoms with Crippen molar-refractivity contribution in [1.29, 1.82) is 0 Å². The van der Waals surface area contributed by atoms with Gasteiger partial charge in [0.15, 0.2) is 0 Å². The van der Waals surface area contributed by atoms with E-state index in [-0.39, 0.29) is 35.0 Å². The summed E-state index contributed by atoms with van der Waals surface area (Å²) in [7, 11) is 0. The largest absolute Gasteiger partial charge is 0.444 e. The number of likely N-dealkylation sites (tertiary alicyclic amines) is 2. The quantitative estimate of drug-likeness (QED) is 0.348. The number of fused-ring (bicyclic) bond motifs is 1. The molecule has 46 heavy (non-hydrogen) atoms. The summed E-state index contributed by atoms with van der Waals surface area (Å²) in [4.78, 5) is 36.4. The highest BCUT2D eigenvalue weighted by Gasteiger charge is 2.38. The van der Waals surface area contributed by atoms with Crippen LogP contribution in [0.5, 0.6) is 0 Å². The van der Waals surface area contributed by atoms with Gasteiger partial charge in [-0.05, 0) is 89.6 Å². The highest BCUT2D eigenvalue weighted by atomic mass is 19.1. The number of carbonyl (C=O) groups is 2. The van der Waals surface area contributed by atoms with Crippen LogP contribution in [0.25, 0.3) is 16.6 Å². The van der Waals surface area contributed by atoms with Crippen LogP contribution < -0.4 is 0 Å². The van der Waals surface area contributed by atoms with Crippen LogP contribution in [0.3, 0.4) is 0 Å². The van der Waals surface area contributed by atoms with Crippen molar-refractivity contribution in [3.8, 4) is 11.1 Å². The summed E-state index contributed by atoms with van der Waals surface area (Å²) in [5, 5.41) is 0. The van der Waals surface area contributed by atoms with Gasteiger partial charge in [0.05, 0.1) is 24.8 Å². The molecule has 2 aromatic heterocycles. The minimum Gasteiger partial charge on any atom is -0.444 e. The van der Waals surface area contributed by atoms with Gasteiger partial charge in [0.1, 0.15) is 22.8 Å². The number of benzene rings is 1. The molecule has 0 radical (unpaired) electrons. The molecule has 248 valence electrons. The molecule has 3 fully saturated rings. The molecule has 11 heteroatoms. The molecule has 0 unspecified atom stereocenters. The number of pyridine rings is 1. The Morgan fingerprint density at radius 3 is 2.46 bits per heavy atom. The first-order valence-electron chi connectivity index (χ1n) is 16.4. The maximum Gasteiger partial charge on any atom is 0.410 e. The number of amides is 2. The van der Waals surface area contributed by atoms with Gasteiger partial charge in [0.25, 0.3) is 5.91 Å². The first-order chi connectivity index (χ1) is 21.8. The van der Waals surface area contributed by atoms with Crippen molar-refractivity contribution >= 4 is 17.5 Å². The van der Waals surface area contributed by atoms with Crippen LogP contribution >= 0.6 is 0 Å². The number of ether oxygens (including phenoxy) is 2. The smallest absolute Gasteiger partial charge is 0.410 e. The predicted octanol–water partition coefficient (Wildman–Crippen LogP) is 5.88. The van der Waals surface area contributed by atoms with Crippen molar-refractivity contribution in [2.24, 2.45) is 5.92 Å². The molecule has 1 aromatic carbocycles. The Morgan fingerprint density at radius 2 is 1.78 bits per heavy atom. The lowest BCUT2D eigenvalue weighted by Gasteiger charge is -2.47. The number of rotatable bonds is 5. The Morgan fingerprint density at radius 1 is 1.07 bits per heavy atom. The Bertz CT molecular complexity index is 1620. The van der Waals surface area contributed by atoms with Gasteiger partial charge in [-0.15, -0.1) is 0 Å². The zero-order chi connectivity index (χ0) is 32.9. The molecule has 3 aliphatic heterocycles. The van der Waals surface area contributed by atoms with Gasteiger partial charge in [-0.2, -0.15) is 4.39 Å². The minimum absolute atomic E-state index is 0.162. The molecule has 0 N–H and O–H groups in total. The molecule has 0 spiro atoms. The van der Waals surface area contributed by atoms with Gasteiger partial charge in [-0.1, -0.05) is 6.07 Å². The SMILES string of the molecule is Cc1nc(F)c2c(-c3ccc(F)cc3C(=O)N3CCOC[C@H]3C)cc(C3CN([C@@H](C)C4CCN(C(=O)OC(C)(C)C)CC4)C3)cn12. The maximum absolute atomic E-state index is 15.4. The lowest BCUT2D eigenvalue weighted by molar-refractivity contribution is 0.00359. The van der Waals surface area contributed by atoms with E-state index < -0.39 is 17.4 Å². The van der Waals surface area contributed by atoms with E-state index in [1.807, 2.05) is 44.9 Å². The zero-order valence-electron chi connectivity index (χ0n) is 27.7. The molecular formula is C35H45F2N5O4. The van der Waals surface area contributed by atoms with E-state index >= 15 is 4.39 Å². The third-order valence-electron chi connectivity index (χ3n) is 9.85. The number of hydrogen-bond acceptors (Lipinski definition) is 6. The highest BCUT2D eigenvalue weighted by Crippen LogP contribution is 2.38. The predicted molar refractivity (Wildman–Crippen MR) is 171 cm³/mol. The first-order valence-corrected chi connectivity index (χ1v) is 16.4. The molecule has 0 aliphatic carbocycles. The van der Waals surface area contributed by atoms with Crippen molar-refractivity contribution in [3.05, 3.63) is 59.2 Å². The number of aromatic nitrogens is 2. The molecule has 5 heterocycles. The molecule has 2 atom stereocenters. The number of aryl methyl sites for hydroxylation is 1. The standard InChI is InChI=1S/C35H45F2N5O4/c1-21-20-45-14-13-41(21)33(43)30-16-27(36)7-8-28(30)29-15-25(19-42-23(3)38-32(37)31(29)42)26-17-40(18-26)22(2)24-9-11-39(12-10-24)34(44)46-35(4,5)6/h7-8,15-16,19,21-22,24,26H,9-14,17-18,20H2,1-6H3/t21-,22+/m1/s1. The molecule has 3 aromatic rings. The van der Waals surface area contributed by atoms with E-state index in [4.69, 9.17) is 9.47 Å². The Hall–Kier alpha value is -3.57. The highest BCUT2D eigenvalue weighted by molar-refractivity contribution is 6.03. The molecule has 3 aliphatic rings. The molecule has 2 amide bonds. The summed E-state index contributed by atoms with van der Waals surface area (Å²) in [6, 6.07) is 6.30. The van der Waals surface area contributed by atoms with Gasteiger partial charge in [-0.25, -0.2) is 14.2 Å². The third-order valence-corrected chi connectivity index (χ3v) is 9.85. The fraction of sp³-hybridized carbons (Fsp3) is 0.571. The van der Waals surface area contributed by atoms with Crippen molar-refractivity contribution in [1.82, 2.24) is 24.1 Å². The molecular weight excluding hydrogens is 592 g/mol. The fourth-order valence-electron chi connectivity index (χ4n) is 7.12. The molecule has 3 saturated heterocycles. The Balaban J connectivity index is 1.22. The Labute approximate surface area is 269 Å². The van der Waals surface area contributed by atoms with Gasteiger partial charge in [-0.3, -0.25) is 9.69 Å². The number of piperidine rings is 1. The summed E-state index contributed by atoms with van der Waals surface area (Å²) in [6.07, 6.45) is 3.55. The van der Waals surface area contributed by atoms with Crippen LogP contribution in [0.2, 0.25) is 0 Å². The number of morpholine rings is 1. The lowest BCUT2D eigenvalue weighted by atomic mass is 9.83. The average Bonchev–Trinajstić information content (AvgIpc) is 3.27. The second-order valence-electron chi connectivity index (χ2n) is 14.2. The van der Waals surface area contributed by atoms with Crippen LogP contribution in [0, 0.1) is 24.6 Å². The second-order valence-corrected chi connectivity index (χ2v) is 14.2. The van der Waals surface area contributed by atoms with E-state index in [9.17, 15) is 14.0 Å².